The van der Waals surface area contributed by atoms with Crippen LogP contribution in [0.2, 0.25) is 5.02 Å². The average Bonchev–Trinajstić information content (AvgIpc) is 3.73. The number of benzene rings is 3. The first kappa shape index (κ1) is 26.2. The molecule has 1 fully saturated rings. The summed E-state index contributed by atoms with van der Waals surface area (Å²) >= 11 is 8.03. The fourth-order valence-electron chi connectivity index (χ4n) is 4.43. The van der Waals surface area contributed by atoms with Crippen molar-refractivity contribution in [3.8, 4) is 0 Å². The highest BCUT2D eigenvalue weighted by Gasteiger charge is 2.27. The molecule has 1 unspecified atom stereocenters. The van der Waals surface area contributed by atoms with E-state index < -0.39 is 11.8 Å². The van der Waals surface area contributed by atoms with Gasteiger partial charge in [-0.1, -0.05) is 72.3 Å². The van der Waals surface area contributed by atoms with E-state index in [0.29, 0.717) is 10.8 Å². The molecule has 4 aromatic rings. The van der Waals surface area contributed by atoms with E-state index in [1.165, 1.54) is 46.9 Å². The van der Waals surface area contributed by atoms with Gasteiger partial charge in [-0.25, -0.2) is 9.37 Å². The Morgan fingerprint density at radius 3 is 2.53 bits per heavy atom. The van der Waals surface area contributed by atoms with Crippen molar-refractivity contribution in [2.45, 2.75) is 25.0 Å². The van der Waals surface area contributed by atoms with Gasteiger partial charge in [0, 0.05) is 12.3 Å². The molecular weight excluding hydrogens is 517 g/mol. The zero-order valence-corrected chi connectivity index (χ0v) is 22.5. The van der Waals surface area contributed by atoms with Gasteiger partial charge in [-0.15, -0.1) is 11.8 Å². The zero-order chi connectivity index (χ0) is 26.6. The SMILES string of the molecule is CC(=O)O.Fc1cc2ccc(C=Cc3ccc4c(c3)C(SCC3CC3)c3ccccc3C=C4)nc2cc1Cl. The van der Waals surface area contributed by atoms with Gasteiger partial charge in [-0.3, -0.25) is 4.79 Å². The quantitative estimate of drug-likeness (QED) is 0.273. The van der Waals surface area contributed by atoms with Gasteiger partial charge in [0.1, 0.15) is 5.82 Å². The fourth-order valence-corrected chi connectivity index (χ4v) is 6.16. The number of aliphatic carboxylic acids is 1. The summed E-state index contributed by atoms with van der Waals surface area (Å²) in [4.78, 5) is 13.6. The Morgan fingerprint density at radius 2 is 1.76 bits per heavy atom. The van der Waals surface area contributed by atoms with E-state index in [1.54, 1.807) is 6.07 Å². The minimum absolute atomic E-state index is 0.0926. The van der Waals surface area contributed by atoms with E-state index >= 15 is 0 Å². The molecule has 1 N–H and O–H groups in total. The molecule has 1 heterocycles. The lowest BCUT2D eigenvalue weighted by molar-refractivity contribution is -0.134. The monoisotopic (exact) mass is 543 g/mol. The van der Waals surface area contributed by atoms with E-state index in [4.69, 9.17) is 21.5 Å². The summed E-state index contributed by atoms with van der Waals surface area (Å²) in [6.07, 6.45) is 11.3. The number of carboxylic acids is 1. The van der Waals surface area contributed by atoms with Crippen LogP contribution in [0.5, 0.6) is 0 Å². The largest absolute Gasteiger partial charge is 0.481 e. The number of fused-ring (bicyclic) bond motifs is 3. The van der Waals surface area contributed by atoms with Crippen LogP contribution in [-0.2, 0) is 4.79 Å². The Bertz CT molecular complexity index is 1560. The smallest absolute Gasteiger partial charge is 0.300 e. The Labute approximate surface area is 231 Å². The van der Waals surface area contributed by atoms with Crippen LogP contribution in [0, 0.1) is 11.7 Å². The highest BCUT2D eigenvalue weighted by molar-refractivity contribution is 7.99. The first-order valence-electron chi connectivity index (χ1n) is 12.5. The van der Waals surface area contributed by atoms with E-state index in [1.807, 2.05) is 18.2 Å². The van der Waals surface area contributed by atoms with E-state index in [-0.39, 0.29) is 5.02 Å². The van der Waals surface area contributed by atoms with Crippen LogP contribution in [0.15, 0.2) is 66.7 Å². The van der Waals surface area contributed by atoms with Crippen LogP contribution in [0.4, 0.5) is 4.39 Å². The van der Waals surface area contributed by atoms with Crippen molar-refractivity contribution in [3.05, 3.63) is 111 Å². The standard InChI is InChI=1S/C30H23ClFNS.C2H4O2/c31-27-17-29-23(16-28(27)32)12-14-24(33-29)13-8-19-7-9-22-11-10-21-3-1-2-4-25(21)30(26(22)15-19)34-18-20-5-6-20;1-2(3)4/h1-4,7-17,20,30H,5-6,18H2;1H3,(H,3,4). The van der Waals surface area contributed by atoms with Gasteiger partial charge in [0.05, 0.1) is 21.5 Å². The number of nitrogens with zero attached hydrogens (tertiary/aromatic N) is 1. The predicted molar refractivity (Wildman–Crippen MR) is 158 cm³/mol. The van der Waals surface area contributed by atoms with Crippen LogP contribution in [0.25, 0.3) is 35.2 Å². The number of carboxylic acid groups (broad SMARTS) is 1. The summed E-state index contributed by atoms with van der Waals surface area (Å²) in [5.74, 6) is 0.831. The number of aromatic nitrogens is 1. The normalized spacial score (nSPS) is 15.9. The molecule has 0 bridgehead atoms. The number of hydrogen-bond donors (Lipinski definition) is 1. The molecule has 192 valence electrons. The van der Waals surface area contributed by atoms with Crippen molar-refractivity contribution < 1.29 is 14.3 Å². The Kier molecular flexibility index (Phi) is 7.96. The molecule has 3 aromatic carbocycles. The molecule has 1 atom stereocenters. The summed E-state index contributed by atoms with van der Waals surface area (Å²) in [6, 6.07) is 22.2. The molecule has 0 saturated heterocycles. The molecule has 3 nitrogen and oxygen atoms in total. The maximum Gasteiger partial charge on any atom is 0.300 e. The summed E-state index contributed by atoms with van der Waals surface area (Å²) in [6.45, 7) is 1.08. The number of halogens is 2. The van der Waals surface area contributed by atoms with Crippen LogP contribution >= 0.6 is 23.4 Å². The van der Waals surface area contributed by atoms with Gasteiger partial charge >= 0.3 is 0 Å². The van der Waals surface area contributed by atoms with Gasteiger partial charge in [-0.2, -0.15) is 0 Å². The van der Waals surface area contributed by atoms with Gasteiger partial charge in [0.15, 0.2) is 0 Å². The number of pyridine rings is 1. The van der Waals surface area contributed by atoms with Crippen molar-refractivity contribution in [2.75, 3.05) is 5.75 Å². The lowest BCUT2D eigenvalue weighted by Gasteiger charge is -2.20. The molecule has 6 heteroatoms. The third-order valence-corrected chi connectivity index (χ3v) is 8.30. The molecule has 0 aliphatic heterocycles. The molecule has 2 aliphatic rings. The second kappa shape index (κ2) is 11.5. The lowest BCUT2D eigenvalue weighted by atomic mass is 9.97. The summed E-state index contributed by atoms with van der Waals surface area (Å²) < 4.78 is 13.7. The highest BCUT2D eigenvalue weighted by Crippen LogP contribution is 2.45. The van der Waals surface area contributed by atoms with Crippen LogP contribution in [0.3, 0.4) is 0 Å². The third kappa shape index (κ3) is 6.35. The highest BCUT2D eigenvalue weighted by atomic mass is 35.5. The van der Waals surface area contributed by atoms with Crippen molar-refractivity contribution in [1.82, 2.24) is 4.98 Å². The lowest BCUT2D eigenvalue weighted by Crippen LogP contribution is -2.02. The minimum atomic E-state index is -0.833. The predicted octanol–water partition coefficient (Wildman–Crippen LogP) is 9.00. The molecule has 0 radical (unpaired) electrons. The molecular formula is C32H27ClFNO2S. The molecule has 0 amide bonds. The second-order valence-electron chi connectivity index (χ2n) is 9.55. The number of hydrogen-bond acceptors (Lipinski definition) is 3. The van der Waals surface area contributed by atoms with Gasteiger partial charge < -0.3 is 5.11 Å². The Balaban J connectivity index is 0.000000689. The third-order valence-electron chi connectivity index (χ3n) is 6.51. The van der Waals surface area contributed by atoms with Crippen molar-refractivity contribution in [1.29, 1.82) is 0 Å². The van der Waals surface area contributed by atoms with Gasteiger partial charge in [-0.05, 0) is 82.7 Å². The van der Waals surface area contributed by atoms with E-state index in [2.05, 4.69) is 77.4 Å². The fraction of sp³-hybridized carbons (Fsp3) is 0.188. The van der Waals surface area contributed by atoms with Gasteiger partial charge in [0.25, 0.3) is 5.97 Å². The summed E-state index contributed by atoms with van der Waals surface area (Å²) in [5, 5.41) is 8.58. The van der Waals surface area contributed by atoms with Crippen LogP contribution < -0.4 is 0 Å². The minimum Gasteiger partial charge on any atom is -0.481 e. The molecule has 6 rings (SSSR count). The number of thioether (sulfide) groups is 1. The van der Waals surface area contributed by atoms with Crippen molar-refractivity contribution in [2.24, 2.45) is 5.92 Å². The number of carbonyl (C=O) groups is 1. The second-order valence-corrected chi connectivity index (χ2v) is 11.1. The summed E-state index contributed by atoms with van der Waals surface area (Å²) in [7, 11) is 0. The van der Waals surface area contributed by atoms with Crippen LogP contribution in [0.1, 0.15) is 58.5 Å². The summed E-state index contributed by atoms with van der Waals surface area (Å²) in [5.41, 5.74) is 7.99. The van der Waals surface area contributed by atoms with Crippen LogP contribution in [-0.4, -0.2) is 21.8 Å². The number of rotatable bonds is 5. The molecule has 1 aromatic heterocycles. The first-order chi connectivity index (χ1) is 18.4. The van der Waals surface area contributed by atoms with Gasteiger partial charge in [0.2, 0.25) is 0 Å². The maximum atomic E-state index is 13.7. The Morgan fingerprint density at radius 1 is 1.03 bits per heavy atom. The average molecular weight is 544 g/mol. The Hall–Kier alpha value is -3.41. The van der Waals surface area contributed by atoms with Crippen molar-refractivity contribution in [3.63, 3.8) is 0 Å². The molecule has 38 heavy (non-hydrogen) atoms. The first-order valence-corrected chi connectivity index (χ1v) is 14.0. The topological polar surface area (TPSA) is 50.2 Å². The van der Waals surface area contributed by atoms with E-state index in [0.717, 1.165) is 29.5 Å². The maximum absolute atomic E-state index is 13.7. The van der Waals surface area contributed by atoms with E-state index in [9.17, 15) is 4.39 Å². The zero-order valence-electron chi connectivity index (χ0n) is 20.9. The molecule has 1 saturated carbocycles. The molecule has 0 spiro atoms. The molecule has 2 aliphatic carbocycles. The van der Waals surface area contributed by atoms with Crippen molar-refractivity contribution >= 4 is 64.5 Å².